The van der Waals surface area contributed by atoms with Crippen LogP contribution in [-0.4, -0.2) is 11.2 Å². The average molecular weight is 403 g/mol. The lowest BCUT2D eigenvalue weighted by Gasteiger charge is -2.63. The van der Waals surface area contributed by atoms with Crippen molar-refractivity contribution in [2.45, 2.75) is 118 Å². The standard InChI is InChI=1S/C28H50O/c1-18(2)8-7-9-19(3)22-13-14-24-21-11-12-23-20(4)10-15-26(29)28(23,6)25(21)16-17-27(22,24)5/h18-26,29H,7-17H2,1-6H3/t19-,20?,21+,22-,23?,24+,25+,26?,27-,28+/m1/s1. The minimum absolute atomic E-state index is 0.0481. The van der Waals surface area contributed by atoms with Crippen LogP contribution in [0.3, 0.4) is 0 Å². The van der Waals surface area contributed by atoms with Crippen LogP contribution in [0, 0.1) is 58.2 Å². The molecule has 29 heavy (non-hydrogen) atoms. The molecule has 1 heteroatoms. The molecule has 168 valence electrons. The van der Waals surface area contributed by atoms with Crippen molar-refractivity contribution in [3.8, 4) is 0 Å². The van der Waals surface area contributed by atoms with Crippen molar-refractivity contribution in [1.29, 1.82) is 0 Å². The number of aliphatic hydroxyl groups is 1. The summed E-state index contributed by atoms with van der Waals surface area (Å²) in [7, 11) is 0. The second kappa shape index (κ2) is 8.14. The molecular weight excluding hydrogens is 352 g/mol. The van der Waals surface area contributed by atoms with Crippen molar-refractivity contribution in [3.05, 3.63) is 0 Å². The zero-order valence-electron chi connectivity index (χ0n) is 20.4. The van der Waals surface area contributed by atoms with Gasteiger partial charge in [-0.2, -0.15) is 0 Å². The van der Waals surface area contributed by atoms with Crippen LogP contribution in [0.4, 0.5) is 0 Å². The van der Waals surface area contributed by atoms with Crippen molar-refractivity contribution in [2.24, 2.45) is 58.2 Å². The van der Waals surface area contributed by atoms with Crippen LogP contribution in [-0.2, 0) is 0 Å². The van der Waals surface area contributed by atoms with Crippen molar-refractivity contribution < 1.29 is 5.11 Å². The van der Waals surface area contributed by atoms with Gasteiger partial charge in [-0.3, -0.25) is 0 Å². The van der Waals surface area contributed by atoms with Gasteiger partial charge in [-0.05, 0) is 110 Å². The van der Waals surface area contributed by atoms with Crippen LogP contribution in [0.15, 0.2) is 0 Å². The summed E-state index contributed by atoms with van der Waals surface area (Å²) in [6.45, 7) is 15.0. The van der Waals surface area contributed by atoms with E-state index in [-0.39, 0.29) is 11.5 Å². The van der Waals surface area contributed by atoms with Gasteiger partial charge in [0.2, 0.25) is 0 Å². The molecule has 4 rings (SSSR count). The van der Waals surface area contributed by atoms with E-state index >= 15 is 0 Å². The van der Waals surface area contributed by atoms with Gasteiger partial charge in [0.05, 0.1) is 6.10 Å². The summed E-state index contributed by atoms with van der Waals surface area (Å²) < 4.78 is 0. The third-order valence-corrected chi connectivity index (χ3v) is 11.3. The largest absolute Gasteiger partial charge is 0.393 e. The number of rotatable bonds is 5. The topological polar surface area (TPSA) is 20.2 Å². The van der Waals surface area contributed by atoms with E-state index < -0.39 is 0 Å². The Kier molecular flexibility index (Phi) is 6.22. The predicted molar refractivity (Wildman–Crippen MR) is 124 cm³/mol. The van der Waals surface area contributed by atoms with Crippen LogP contribution in [0.25, 0.3) is 0 Å². The summed E-state index contributed by atoms with van der Waals surface area (Å²) in [5, 5.41) is 11.2. The van der Waals surface area contributed by atoms with E-state index in [1.54, 1.807) is 0 Å². The summed E-state index contributed by atoms with van der Waals surface area (Å²) >= 11 is 0. The van der Waals surface area contributed by atoms with Gasteiger partial charge in [0.15, 0.2) is 0 Å². The van der Waals surface area contributed by atoms with Crippen molar-refractivity contribution in [2.75, 3.05) is 0 Å². The monoisotopic (exact) mass is 402 g/mol. The fraction of sp³-hybridized carbons (Fsp3) is 1.00. The maximum atomic E-state index is 11.2. The average Bonchev–Trinajstić information content (AvgIpc) is 3.02. The first kappa shape index (κ1) is 22.2. The fourth-order valence-corrected chi connectivity index (χ4v) is 9.77. The zero-order valence-corrected chi connectivity index (χ0v) is 20.4. The second-order valence-corrected chi connectivity index (χ2v) is 13.0. The molecule has 1 nitrogen and oxygen atoms in total. The molecule has 4 fully saturated rings. The maximum Gasteiger partial charge on any atom is 0.0599 e. The summed E-state index contributed by atoms with van der Waals surface area (Å²) in [5.74, 6) is 6.88. The lowest BCUT2D eigenvalue weighted by molar-refractivity contribution is -0.177. The molecule has 0 aromatic heterocycles. The van der Waals surface area contributed by atoms with E-state index in [2.05, 4.69) is 41.5 Å². The lowest BCUT2D eigenvalue weighted by atomic mass is 9.42. The van der Waals surface area contributed by atoms with Crippen molar-refractivity contribution in [3.63, 3.8) is 0 Å². The first-order valence-corrected chi connectivity index (χ1v) is 13.4. The fourth-order valence-electron chi connectivity index (χ4n) is 9.77. The third kappa shape index (κ3) is 3.54. The highest BCUT2D eigenvalue weighted by Gasteiger charge is 2.62. The Bertz CT molecular complexity index is 569. The molecule has 0 amide bonds. The summed E-state index contributed by atoms with van der Waals surface area (Å²) in [4.78, 5) is 0. The molecule has 4 aliphatic rings. The molecule has 3 unspecified atom stereocenters. The van der Waals surface area contributed by atoms with Crippen LogP contribution in [0.2, 0.25) is 0 Å². The first-order chi connectivity index (χ1) is 13.7. The van der Waals surface area contributed by atoms with Gasteiger partial charge in [-0.1, -0.05) is 60.8 Å². The summed E-state index contributed by atoms with van der Waals surface area (Å²) in [5.41, 5.74) is 0.774. The van der Waals surface area contributed by atoms with E-state index in [1.165, 1.54) is 64.2 Å². The number of hydrogen-bond donors (Lipinski definition) is 1. The second-order valence-electron chi connectivity index (χ2n) is 13.0. The molecule has 0 aliphatic heterocycles. The van der Waals surface area contributed by atoms with Gasteiger partial charge >= 0.3 is 0 Å². The normalized spacial score (nSPS) is 50.7. The number of fused-ring (bicyclic) bond motifs is 5. The molecular formula is C28H50O. The quantitative estimate of drug-likeness (QED) is 0.499. The van der Waals surface area contributed by atoms with Crippen molar-refractivity contribution >= 4 is 0 Å². The molecule has 0 spiro atoms. The SMILES string of the molecule is CC(C)CCC[C@@H](C)[C@H]1CC[C@H]2[C@@H]3CCC4C(C)CCC(O)[C@]4(C)[C@H]3CC[C@]12C. The number of hydrogen-bond acceptors (Lipinski definition) is 1. The minimum Gasteiger partial charge on any atom is -0.393 e. The number of aliphatic hydroxyl groups excluding tert-OH is 1. The third-order valence-electron chi connectivity index (χ3n) is 11.3. The molecule has 0 aromatic rings. The minimum atomic E-state index is -0.0481. The smallest absolute Gasteiger partial charge is 0.0599 e. The Labute approximate surface area is 181 Å². The van der Waals surface area contributed by atoms with Gasteiger partial charge < -0.3 is 5.11 Å². The Morgan fingerprint density at radius 1 is 0.828 bits per heavy atom. The van der Waals surface area contributed by atoms with E-state index in [1.807, 2.05) is 0 Å². The Hall–Kier alpha value is -0.0400. The molecule has 0 radical (unpaired) electrons. The van der Waals surface area contributed by atoms with Gasteiger partial charge in [0.1, 0.15) is 0 Å². The van der Waals surface area contributed by atoms with Crippen LogP contribution >= 0.6 is 0 Å². The highest BCUT2D eigenvalue weighted by atomic mass is 16.3. The molecule has 0 heterocycles. The van der Waals surface area contributed by atoms with E-state index in [4.69, 9.17) is 0 Å². The molecule has 1 N–H and O–H groups in total. The van der Waals surface area contributed by atoms with E-state index in [0.717, 1.165) is 53.8 Å². The van der Waals surface area contributed by atoms with Gasteiger partial charge in [-0.15, -0.1) is 0 Å². The Balaban J connectivity index is 1.50. The summed E-state index contributed by atoms with van der Waals surface area (Å²) in [6, 6.07) is 0. The first-order valence-electron chi connectivity index (χ1n) is 13.4. The zero-order chi connectivity index (χ0) is 21.0. The molecule has 4 aliphatic carbocycles. The van der Waals surface area contributed by atoms with Crippen LogP contribution in [0.1, 0.15) is 112 Å². The Morgan fingerprint density at radius 3 is 2.28 bits per heavy atom. The van der Waals surface area contributed by atoms with Gasteiger partial charge in [0, 0.05) is 0 Å². The molecule has 10 atom stereocenters. The van der Waals surface area contributed by atoms with Crippen LogP contribution in [0.5, 0.6) is 0 Å². The summed E-state index contributed by atoms with van der Waals surface area (Å²) in [6.07, 6.45) is 15.1. The lowest BCUT2D eigenvalue weighted by Crippen LogP contribution is -2.59. The molecule has 4 saturated carbocycles. The van der Waals surface area contributed by atoms with E-state index in [0.29, 0.717) is 5.41 Å². The van der Waals surface area contributed by atoms with E-state index in [9.17, 15) is 5.11 Å². The molecule has 0 bridgehead atoms. The van der Waals surface area contributed by atoms with Gasteiger partial charge in [0.25, 0.3) is 0 Å². The highest BCUT2D eigenvalue weighted by Crippen LogP contribution is 2.68. The van der Waals surface area contributed by atoms with Crippen LogP contribution < -0.4 is 0 Å². The molecule has 0 saturated heterocycles. The predicted octanol–water partition coefficient (Wildman–Crippen LogP) is 7.71. The highest BCUT2D eigenvalue weighted by molar-refractivity contribution is 5.11. The van der Waals surface area contributed by atoms with Crippen molar-refractivity contribution in [1.82, 2.24) is 0 Å². The molecule has 0 aromatic carbocycles. The van der Waals surface area contributed by atoms with Gasteiger partial charge in [-0.25, -0.2) is 0 Å². The maximum absolute atomic E-state index is 11.2. The Morgan fingerprint density at radius 2 is 1.55 bits per heavy atom.